The summed E-state index contributed by atoms with van der Waals surface area (Å²) in [4.78, 5) is 12.1. The van der Waals surface area contributed by atoms with Crippen LogP contribution in [0.5, 0.6) is 0 Å². The fraction of sp³-hybridized carbons (Fsp3) is 0.333. The van der Waals surface area contributed by atoms with Gasteiger partial charge in [-0.15, -0.1) is 11.8 Å². The topological polar surface area (TPSA) is 49.4 Å². The Morgan fingerprint density at radius 3 is 2.53 bits per heavy atom. The minimum absolute atomic E-state index is 0. The number of hydrogen-bond acceptors (Lipinski definition) is 4. The zero-order valence-corrected chi connectivity index (χ0v) is 12.6. The van der Waals surface area contributed by atoms with Gasteiger partial charge in [0.05, 0.1) is 12.1 Å². The molecular weight excluding hydrogens is 242 g/mol. The second kappa shape index (κ2) is 7.91. The van der Waals surface area contributed by atoms with E-state index < -0.39 is 7.60 Å². The van der Waals surface area contributed by atoms with Gasteiger partial charge in [0.1, 0.15) is 7.60 Å². The molecule has 3 nitrogen and oxygen atoms in total. The Morgan fingerprint density at radius 1 is 1.40 bits per heavy atom. The van der Waals surface area contributed by atoms with Gasteiger partial charge in [0.15, 0.2) is 0 Å². The molecule has 0 spiro atoms. The fourth-order valence-corrected chi connectivity index (χ4v) is 3.17. The minimum atomic E-state index is -3.65. The maximum atomic E-state index is 11.2. The molecule has 0 aliphatic carbocycles. The van der Waals surface area contributed by atoms with Crippen LogP contribution >= 0.6 is 19.4 Å². The molecule has 1 rings (SSSR count). The van der Waals surface area contributed by atoms with Crippen LogP contribution in [0.4, 0.5) is 0 Å². The molecule has 0 saturated heterocycles. The molecule has 0 fully saturated rings. The molecule has 0 heterocycles. The number of rotatable bonds is 5. The molecule has 0 bridgehead atoms. The first kappa shape index (κ1) is 15.7. The van der Waals surface area contributed by atoms with Crippen LogP contribution in [0.3, 0.4) is 0 Å². The van der Waals surface area contributed by atoms with Gasteiger partial charge in [-0.3, -0.25) is 0 Å². The van der Waals surface area contributed by atoms with Gasteiger partial charge in [-0.25, -0.2) is 0 Å². The van der Waals surface area contributed by atoms with Crippen LogP contribution < -0.4 is 34.5 Å². The Morgan fingerprint density at radius 2 is 2.00 bits per heavy atom. The van der Waals surface area contributed by atoms with Crippen molar-refractivity contribution >= 4 is 19.4 Å². The Hall–Kier alpha value is 0.720. The normalized spacial score (nSPS) is 14.0. The van der Waals surface area contributed by atoms with Crippen LogP contribution in [-0.4, -0.2) is 12.1 Å². The molecule has 0 aromatic heterocycles. The average Bonchev–Trinajstić information content (AvgIpc) is 2.17. The standard InChI is InChI=1S/C9H13O3PS.Na/c1-2-12-13(10,11)8-14-9-6-4-3-5-7-9;/h3-7H,2,8H2,1H3,(H,10,11);/q;+1/p-1. The van der Waals surface area contributed by atoms with E-state index in [4.69, 9.17) is 0 Å². The summed E-state index contributed by atoms with van der Waals surface area (Å²) in [7, 11) is -3.65. The van der Waals surface area contributed by atoms with E-state index in [1.807, 2.05) is 30.3 Å². The zero-order valence-electron chi connectivity index (χ0n) is 8.88. The summed E-state index contributed by atoms with van der Waals surface area (Å²) >= 11 is 1.27. The summed E-state index contributed by atoms with van der Waals surface area (Å²) < 4.78 is 15.8. The van der Waals surface area contributed by atoms with E-state index >= 15 is 0 Å². The van der Waals surface area contributed by atoms with Gasteiger partial charge in [-0.05, 0) is 19.1 Å². The van der Waals surface area contributed by atoms with Crippen molar-refractivity contribution in [1.82, 2.24) is 0 Å². The molecular formula is C9H12NaO3PS. The fourth-order valence-electron chi connectivity index (χ4n) is 0.904. The quantitative estimate of drug-likeness (QED) is 0.397. The summed E-state index contributed by atoms with van der Waals surface area (Å²) in [6, 6.07) is 9.38. The molecule has 0 aliphatic heterocycles. The van der Waals surface area contributed by atoms with Gasteiger partial charge in [0, 0.05) is 4.90 Å². The van der Waals surface area contributed by atoms with Gasteiger partial charge >= 0.3 is 29.6 Å². The molecule has 1 atom stereocenters. The van der Waals surface area contributed by atoms with E-state index in [1.165, 1.54) is 11.8 Å². The van der Waals surface area contributed by atoms with Crippen molar-refractivity contribution in [2.75, 3.05) is 12.1 Å². The Kier molecular flexibility index (Phi) is 8.29. The monoisotopic (exact) mass is 254 g/mol. The largest absolute Gasteiger partial charge is 1.00 e. The van der Waals surface area contributed by atoms with Crippen molar-refractivity contribution in [2.45, 2.75) is 11.8 Å². The first-order valence-corrected chi connectivity index (χ1v) is 6.98. The van der Waals surface area contributed by atoms with Crippen molar-refractivity contribution in [3.63, 3.8) is 0 Å². The first-order chi connectivity index (χ1) is 6.64. The van der Waals surface area contributed by atoms with Crippen LogP contribution in [0.25, 0.3) is 0 Å². The van der Waals surface area contributed by atoms with Gasteiger partial charge < -0.3 is 14.0 Å². The Bertz CT molecular complexity index is 320. The molecule has 15 heavy (non-hydrogen) atoms. The third kappa shape index (κ3) is 6.80. The first-order valence-electron chi connectivity index (χ1n) is 4.26. The molecule has 1 unspecified atom stereocenters. The third-order valence-electron chi connectivity index (χ3n) is 1.46. The average molecular weight is 254 g/mol. The van der Waals surface area contributed by atoms with E-state index in [-0.39, 0.29) is 41.7 Å². The van der Waals surface area contributed by atoms with Gasteiger partial charge in [-0.1, -0.05) is 18.2 Å². The van der Waals surface area contributed by atoms with Gasteiger partial charge in [-0.2, -0.15) is 0 Å². The molecule has 1 aromatic carbocycles. The minimum Gasteiger partial charge on any atom is -0.778 e. The van der Waals surface area contributed by atoms with E-state index in [0.717, 1.165) is 4.90 Å². The van der Waals surface area contributed by atoms with Crippen LogP contribution in [-0.2, 0) is 9.09 Å². The molecule has 6 heteroatoms. The number of benzene rings is 1. The molecule has 0 N–H and O–H groups in total. The summed E-state index contributed by atoms with van der Waals surface area (Å²) in [6.07, 6.45) is 0. The molecule has 0 saturated carbocycles. The van der Waals surface area contributed by atoms with Crippen molar-refractivity contribution in [3.05, 3.63) is 30.3 Å². The van der Waals surface area contributed by atoms with E-state index in [2.05, 4.69) is 4.52 Å². The predicted octanol–water partition coefficient (Wildman–Crippen LogP) is -0.670. The maximum Gasteiger partial charge on any atom is 1.00 e. The van der Waals surface area contributed by atoms with E-state index in [1.54, 1.807) is 6.92 Å². The van der Waals surface area contributed by atoms with Crippen LogP contribution in [0.2, 0.25) is 0 Å². The molecule has 1 aromatic rings. The second-order valence-electron chi connectivity index (χ2n) is 2.62. The van der Waals surface area contributed by atoms with Crippen molar-refractivity contribution in [1.29, 1.82) is 0 Å². The van der Waals surface area contributed by atoms with Gasteiger partial charge in [0.2, 0.25) is 0 Å². The molecule has 0 aliphatic rings. The smallest absolute Gasteiger partial charge is 0.778 e. The van der Waals surface area contributed by atoms with Crippen LogP contribution in [0, 0.1) is 0 Å². The molecule has 0 amide bonds. The molecule has 78 valence electrons. The van der Waals surface area contributed by atoms with E-state index in [0.29, 0.717) is 0 Å². The molecule has 0 radical (unpaired) electrons. The number of hydrogen-bond donors (Lipinski definition) is 0. The predicted molar refractivity (Wildman–Crippen MR) is 56.4 cm³/mol. The summed E-state index contributed by atoms with van der Waals surface area (Å²) in [5.41, 5.74) is -0.00907. The maximum absolute atomic E-state index is 11.2. The van der Waals surface area contributed by atoms with Gasteiger partial charge in [0.25, 0.3) is 0 Å². The Labute approximate surface area is 116 Å². The summed E-state index contributed by atoms with van der Waals surface area (Å²) in [6.45, 7) is 1.87. The summed E-state index contributed by atoms with van der Waals surface area (Å²) in [5.74, 6) is 0. The van der Waals surface area contributed by atoms with Crippen LogP contribution in [0.1, 0.15) is 6.92 Å². The third-order valence-corrected chi connectivity index (χ3v) is 4.50. The van der Waals surface area contributed by atoms with Crippen molar-refractivity contribution < 1.29 is 43.5 Å². The van der Waals surface area contributed by atoms with Crippen molar-refractivity contribution in [3.8, 4) is 0 Å². The second-order valence-corrected chi connectivity index (χ2v) is 5.89. The Balaban J connectivity index is 0.00000196. The zero-order chi connectivity index (χ0) is 10.4. The van der Waals surface area contributed by atoms with Crippen molar-refractivity contribution in [2.24, 2.45) is 0 Å². The number of thioether (sulfide) groups is 1. The summed E-state index contributed by atoms with van der Waals surface area (Å²) in [5, 5.41) is 0. The van der Waals surface area contributed by atoms with E-state index in [9.17, 15) is 9.46 Å². The SMILES string of the molecule is CCOP(=O)([O-])CSc1ccccc1.[Na+]. The van der Waals surface area contributed by atoms with Crippen LogP contribution in [0.15, 0.2) is 35.2 Å².